The second-order valence-corrected chi connectivity index (χ2v) is 23.8. The van der Waals surface area contributed by atoms with Crippen molar-refractivity contribution in [2.45, 2.75) is 118 Å². The molecular formula is C57H57N4NaO11S3. The number of hydrogen-bond acceptors (Lipinski definition) is 13. The Morgan fingerprint density at radius 3 is 1.96 bits per heavy atom. The second kappa shape index (κ2) is 22.0. The van der Waals surface area contributed by atoms with Gasteiger partial charge in [-0.3, -0.25) is 14.4 Å². The summed E-state index contributed by atoms with van der Waals surface area (Å²) in [5, 5.41) is 5.57. The average molecular weight is 1090 g/mol. The van der Waals surface area contributed by atoms with Crippen molar-refractivity contribution in [2.24, 2.45) is 0 Å². The van der Waals surface area contributed by atoms with Crippen LogP contribution in [0.25, 0.3) is 21.5 Å². The first-order valence-corrected chi connectivity index (χ1v) is 28.6. The maximum absolute atomic E-state index is 13.0. The third-order valence-electron chi connectivity index (χ3n) is 14.6. The molecule has 9 rings (SSSR count). The van der Waals surface area contributed by atoms with Crippen LogP contribution in [0.5, 0.6) is 0 Å². The molecule has 0 radical (unpaired) electrons. The molecule has 15 nitrogen and oxygen atoms in total. The zero-order valence-corrected chi connectivity index (χ0v) is 48.0. The molecule has 0 unspecified atom stereocenters. The predicted octanol–water partition coefficient (Wildman–Crippen LogP) is 7.33. The smallest absolute Gasteiger partial charge is 0.744 e. The molecule has 1 saturated heterocycles. The van der Waals surface area contributed by atoms with Gasteiger partial charge in [-0.05, 0) is 146 Å². The normalized spacial score (nSPS) is 18.4. The molecule has 3 amide bonds. The van der Waals surface area contributed by atoms with Gasteiger partial charge in [0.2, 0.25) is 11.6 Å². The fourth-order valence-corrected chi connectivity index (χ4v) is 13.7. The Labute approximate surface area is 469 Å². The molecule has 19 heteroatoms. The number of likely N-dealkylation sites (N-methyl/N-ethyl adjacent to an activating group) is 1. The number of benzene rings is 5. The Kier molecular flexibility index (Phi) is 16.3. The van der Waals surface area contributed by atoms with Gasteiger partial charge in [-0.25, -0.2) is 21.6 Å². The first-order chi connectivity index (χ1) is 35.5. The number of anilines is 2. The Morgan fingerprint density at radius 1 is 0.737 bits per heavy atom. The summed E-state index contributed by atoms with van der Waals surface area (Å²) in [5.41, 5.74) is 7.35. The summed E-state index contributed by atoms with van der Waals surface area (Å²) in [6.45, 7) is 13.9. The number of nitrogens with one attached hydrogen (secondary N) is 1. The number of amides is 3. The average Bonchev–Trinajstić information content (AvgIpc) is 3.89. The molecule has 4 aliphatic rings. The Hall–Kier alpha value is -5.70. The molecule has 390 valence electrons. The van der Waals surface area contributed by atoms with Crippen molar-refractivity contribution in [2.75, 3.05) is 23.3 Å². The third-order valence-corrected chi connectivity index (χ3v) is 17.6. The van der Waals surface area contributed by atoms with Crippen molar-refractivity contribution in [1.29, 1.82) is 0 Å². The van der Waals surface area contributed by atoms with Crippen LogP contribution in [-0.2, 0) is 55.1 Å². The van der Waals surface area contributed by atoms with Gasteiger partial charge >= 0.3 is 35.5 Å². The molecule has 3 heterocycles. The van der Waals surface area contributed by atoms with Crippen LogP contribution in [0.3, 0.4) is 0 Å². The maximum atomic E-state index is 13.0. The largest absolute Gasteiger partial charge is 1.00 e. The standard InChI is InChI=1S/C57H58N4O11S3.Na/c1-7-59-43-29-27-39-41(15-10-17-45(39)74(66,67)68)53(43)56(3,4)47(59)31-21-35-13-9-14-36(22-32-48-57(5,6)54-42-16-11-18-46(75(69,70)71)40(42)28-30-44(54)60(48)8-2)55(35)73-38-25-23-37(24-26-38)58-49(62)19-12-20-52(65)72-61-50(63)33-34-51(61)64;/h10-11,15-18,21-32H,7-9,12-14,19-20,33-34H2,1-6H3,(H2-,58,62,66,67,68,69,70,71);/q;+1/p-1. The first-order valence-electron chi connectivity index (χ1n) is 25.0. The quantitative estimate of drug-likeness (QED) is 0.0471. The van der Waals surface area contributed by atoms with Crippen molar-refractivity contribution in [3.8, 4) is 0 Å². The summed E-state index contributed by atoms with van der Waals surface area (Å²) in [7, 11) is -9.47. The number of thioether (sulfide) groups is 1. The van der Waals surface area contributed by atoms with Gasteiger partial charge in [0, 0.05) is 82.2 Å². The molecule has 76 heavy (non-hydrogen) atoms. The molecule has 1 N–H and O–H groups in total. The number of fused-ring (bicyclic) bond motifs is 6. The molecule has 1 aliphatic carbocycles. The summed E-state index contributed by atoms with van der Waals surface area (Å²) in [5.74, 6) is -2.23. The van der Waals surface area contributed by atoms with Gasteiger partial charge in [0.15, 0.2) is 5.71 Å². The number of hydrogen-bond donors (Lipinski definition) is 1. The first kappa shape index (κ1) is 56.5. The van der Waals surface area contributed by atoms with Crippen molar-refractivity contribution in [3.05, 3.63) is 142 Å². The van der Waals surface area contributed by atoms with Crippen molar-refractivity contribution < 1.29 is 84.1 Å². The minimum absolute atomic E-state index is 0. The molecule has 0 atom stereocenters. The second-order valence-electron chi connectivity index (χ2n) is 20.0. The van der Waals surface area contributed by atoms with E-state index in [9.17, 15) is 45.1 Å². The van der Waals surface area contributed by atoms with Crippen LogP contribution in [0.2, 0.25) is 0 Å². The number of carbonyl (C=O) groups excluding carboxylic acids is 4. The monoisotopic (exact) mass is 1090 g/mol. The maximum Gasteiger partial charge on any atom is 1.00 e. The van der Waals surface area contributed by atoms with E-state index in [1.54, 1.807) is 36.0 Å². The molecule has 0 saturated carbocycles. The molecular weight excluding hydrogens is 1040 g/mol. The van der Waals surface area contributed by atoms with Gasteiger partial charge in [-0.2, -0.15) is 4.58 Å². The number of carbonyl (C=O) groups is 4. The molecule has 1 fully saturated rings. The minimum atomic E-state index is -4.73. The van der Waals surface area contributed by atoms with E-state index in [1.165, 1.54) is 12.1 Å². The Balaban J connectivity index is 0.00000765. The van der Waals surface area contributed by atoms with E-state index in [1.807, 2.05) is 48.5 Å². The minimum Gasteiger partial charge on any atom is -0.744 e. The van der Waals surface area contributed by atoms with Crippen molar-refractivity contribution in [3.63, 3.8) is 0 Å². The summed E-state index contributed by atoms with van der Waals surface area (Å²) in [6.07, 6.45) is 11.1. The van der Waals surface area contributed by atoms with Gasteiger partial charge in [0.05, 0.1) is 15.2 Å². The summed E-state index contributed by atoms with van der Waals surface area (Å²) in [6, 6.07) is 24.4. The van der Waals surface area contributed by atoms with E-state index in [-0.39, 0.29) is 77.4 Å². The van der Waals surface area contributed by atoms with Crippen molar-refractivity contribution >= 4 is 100 Å². The zero-order chi connectivity index (χ0) is 53.8. The van der Waals surface area contributed by atoms with Gasteiger partial charge < -0.3 is 24.2 Å². The Bertz CT molecular complexity index is 3640. The van der Waals surface area contributed by atoms with E-state index >= 15 is 0 Å². The SMILES string of the molecule is CCN1C(=CC=C2CCCC(C=CC3=[N+](CC)c4ccc5c(S(=O)(=O)[O-])cccc5c4C3(C)C)=C2Sc2ccc(NC(=O)CCCC(=O)ON3C(=O)CCC3=O)cc2)C(C)(C)c2c1ccc1c(S(=O)(=O)[O-])cccc21.[Na+]. The van der Waals surface area contributed by atoms with Gasteiger partial charge in [-0.1, -0.05) is 68.1 Å². The molecule has 0 bridgehead atoms. The summed E-state index contributed by atoms with van der Waals surface area (Å²) < 4.78 is 76.5. The summed E-state index contributed by atoms with van der Waals surface area (Å²) >= 11 is 1.61. The van der Waals surface area contributed by atoms with E-state index in [0.717, 1.165) is 74.1 Å². The van der Waals surface area contributed by atoms with Crippen LogP contribution in [-0.4, -0.2) is 78.1 Å². The fraction of sp³-hybridized carbons (Fsp3) is 0.316. The van der Waals surface area contributed by atoms with Crippen LogP contribution >= 0.6 is 11.8 Å². The molecule has 0 spiro atoms. The van der Waals surface area contributed by atoms with E-state index in [4.69, 9.17) is 4.84 Å². The van der Waals surface area contributed by atoms with Gasteiger partial charge in [0.1, 0.15) is 26.8 Å². The van der Waals surface area contributed by atoms with Crippen LogP contribution in [0.4, 0.5) is 17.1 Å². The number of allylic oxidation sites excluding steroid dienone is 7. The van der Waals surface area contributed by atoms with Gasteiger partial charge in [-0.15, -0.1) is 5.06 Å². The van der Waals surface area contributed by atoms with E-state index in [0.29, 0.717) is 45.4 Å². The van der Waals surface area contributed by atoms with Crippen molar-refractivity contribution in [1.82, 2.24) is 5.06 Å². The number of nitrogens with zero attached hydrogens (tertiary/aromatic N) is 3. The van der Waals surface area contributed by atoms with Crippen LogP contribution in [0.15, 0.2) is 146 Å². The fourth-order valence-electron chi connectivity index (χ4n) is 11.2. The number of imide groups is 1. The predicted molar refractivity (Wildman–Crippen MR) is 287 cm³/mol. The van der Waals surface area contributed by atoms with Crippen LogP contribution in [0.1, 0.15) is 104 Å². The zero-order valence-electron chi connectivity index (χ0n) is 43.5. The van der Waals surface area contributed by atoms with E-state index in [2.05, 4.69) is 80.6 Å². The molecule has 0 aromatic heterocycles. The summed E-state index contributed by atoms with van der Waals surface area (Å²) in [4.78, 5) is 57.5. The molecule has 5 aromatic rings. The Morgan fingerprint density at radius 2 is 1.36 bits per heavy atom. The molecule has 5 aromatic carbocycles. The van der Waals surface area contributed by atoms with E-state index < -0.39 is 48.8 Å². The number of rotatable bonds is 15. The third kappa shape index (κ3) is 10.8. The van der Waals surface area contributed by atoms with Crippen LogP contribution in [0, 0.1) is 0 Å². The topological polar surface area (TPSA) is 213 Å². The van der Waals surface area contributed by atoms with Crippen LogP contribution < -0.4 is 39.8 Å². The van der Waals surface area contributed by atoms with Gasteiger partial charge in [0.25, 0.3) is 11.8 Å². The molecule has 3 aliphatic heterocycles. The number of hydroxylamine groups is 2.